The van der Waals surface area contributed by atoms with Gasteiger partial charge in [-0.25, -0.2) is 0 Å². The normalized spacial score (nSPS) is 10.2. The van der Waals surface area contributed by atoms with Crippen molar-refractivity contribution in [1.82, 2.24) is 15.6 Å². The van der Waals surface area contributed by atoms with Crippen molar-refractivity contribution in [3.8, 4) is 11.5 Å². The molecule has 0 atom stereocenters. The summed E-state index contributed by atoms with van der Waals surface area (Å²) in [6.07, 6.45) is 3.37. The maximum Gasteiger partial charge on any atom is 0.270 e. The second kappa shape index (κ2) is 10.2. The van der Waals surface area contributed by atoms with Gasteiger partial charge in [0.25, 0.3) is 11.8 Å². The minimum atomic E-state index is -0.354. The molecule has 0 aliphatic rings. The third-order valence-electron chi connectivity index (χ3n) is 3.97. The van der Waals surface area contributed by atoms with E-state index < -0.39 is 0 Å². The highest BCUT2D eigenvalue weighted by Gasteiger charge is 2.12. The number of amides is 2. The van der Waals surface area contributed by atoms with Crippen molar-refractivity contribution in [2.45, 2.75) is 26.3 Å². The number of nitrogens with zero attached hydrogens (tertiary/aromatic N) is 1. The Bertz CT molecular complexity index is 793. The fourth-order valence-electron chi connectivity index (χ4n) is 2.44. The summed E-state index contributed by atoms with van der Waals surface area (Å²) in [7, 11) is 3.12. The van der Waals surface area contributed by atoms with Gasteiger partial charge in [-0.05, 0) is 36.2 Å². The van der Waals surface area contributed by atoms with Gasteiger partial charge in [-0.15, -0.1) is 0 Å². The summed E-state index contributed by atoms with van der Waals surface area (Å²) >= 11 is 0. The number of rotatable bonds is 9. The Kier molecular flexibility index (Phi) is 7.61. The molecule has 0 spiro atoms. The van der Waals surface area contributed by atoms with Crippen LogP contribution in [0.5, 0.6) is 11.5 Å². The van der Waals surface area contributed by atoms with Crippen LogP contribution in [0.3, 0.4) is 0 Å². The van der Waals surface area contributed by atoms with E-state index >= 15 is 0 Å². The summed E-state index contributed by atoms with van der Waals surface area (Å²) in [5.74, 6) is 0.650. The van der Waals surface area contributed by atoms with Crippen LogP contribution in [-0.4, -0.2) is 37.6 Å². The zero-order valence-corrected chi connectivity index (χ0v) is 15.9. The largest absolute Gasteiger partial charge is 0.493 e. The van der Waals surface area contributed by atoms with Crippen LogP contribution in [0.25, 0.3) is 0 Å². The molecular weight excluding hydrogens is 346 g/mol. The smallest absolute Gasteiger partial charge is 0.270 e. The molecule has 0 saturated heterocycles. The molecule has 7 nitrogen and oxygen atoms in total. The van der Waals surface area contributed by atoms with Crippen LogP contribution in [0.4, 0.5) is 0 Å². The van der Waals surface area contributed by atoms with Crippen LogP contribution in [0.2, 0.25) is 0 Å². The second-order valence-electron chi connectivity index (χ2n) is 5.91. The Labute approximate surface area is 159 Å². The molecule has 2 aromatic rings. The molecule has 0 bridgehead atoms. The molecule has 1 aromatic carbocycles. The van der Waals surface area contributed by atoms with Crippen molar-refractivity contribution >= 4 is 11.8 Å². The predicted octanol–water partition coefficient (Wildman–Crippen LogP) is 2.56. The number of pyridine rings is 1. The first-order valence-corrected chi connectivity index (χ1v) is 8.82. The number of methoxy groups -OCH3 is 2. The molecule has 2 amide bonds. The summed E-state index contributed by atoms with van der Waals surface area (Å²) in [5, 5.41) is 5.62. The van der Waals surface area contributed by atoms with Crippen molar-refractivity contribution in [1.29, 1.82) is 0 Å². The number of carbonyl (C=O) groups is 2. The van der Waals surface area contributed by atoms with Gasteiger partial charge >= 0.3 is 0 Å². The number of benzene rings is 1. The summed E-state index contributed by atoms with van der Waals surface area (Å²) in [6.45, 7) is 2.96. The maximum atomic E-state index is 12.4. The first-order valence-electron chi connectivity index (χ1n) is 8.82. The molecule has 2 rings (SSSR count). The first kappa shape index (κ1) is 20.2. The lowest BCUT2D eigenvalue weighted by molar-refractivity contribution is 0.0946. The average Bonchev–Trinajstić information content (AvgIpc) is 2.71. The summed E-state index contributed by atoms with van der Waals surface area (Å²) < 4.78 is 10.5. The van der Waals surface area contributed by atoms with E-state index in [0.717, 1.165) is 18.4 Å². The standard InChI is InChI=1S/C20H25N3O4/c1-4-5-9-22-19(24)15-8-10-21-16(12-15)20(25)23-13-14-6-7-17(26-2)18(11-14)27-3/h6-8,10-12H,4-5,9,13H2,1-3H3,(H,22,24)(H,23,25). The van der Waals surface area contributed by atoms with E-state index in [1.807, 2.05) is 6.07 Å². The molecule has 27 heavy (non-hydrogen) atoms. The van der Waals surface area contributed by atoms with E-state index in [-0.39, 0.29) is 17.5 Å². The Balaban J connectivity index is 2.00. The Hall–Kier alpha value is -3.09. The van der Waals surface area contributed by atoms with E-state index in [9.17, 15) is 9.59 Å². The Morgan fingerprint density at radius 1 is 1.00 bits per heavy atom. The fourth-order valence-corrected chi connectivity index (χ4v) is 2.44. The van der Waals surface area contributed by atoms with E-state index in [2.05, 4.69) is 22.5 Å². The van der Waals surface area contributed by atoms with Gasteiger partial charge in [0.05, 0.1) is 14.2 Å². The van der Waals surface area contributed by atoms with Crippen LogP contribution in [0.15, 0.2) is 36.5 Å². The number of hydrogen-bond acceptors (Lipinski definition) is 5. The fraction of sp³-hybridized carbons (Fsp3) is 0.350. The first-order chi connectivity index (χ1) is 13.1. The molecular formula is C20H25N3O4. The van der Waals surface area contributed by atoms with Crippen molar-refractivity contribution < 1.29 is 19.1 Å². The van der Waals surface area contributed by atoms with Crippen LogP contribution in [-0.2, 0) is 6.54 Å². The average molecular weight is 371 g/mol. The molecule has 0 aliphatic heterocycles. The number of carbonyl (C=O) groups excluding carboxylic acids is 2. The molecule has 2 N–H and O–H groups in total. The van der Waals surface area contributed by atoms with Crippen LogP contribution < -0.4 is 20.1 Å². The van der Waals surface area contributed by atoms with E-state index in [4.69, 9.17) is 9.47 Å². The van der Waals surface area contributed by atoms with Crippen LogP contribution in [0.1, 0.15) is 46.2 Å². The van der Waals surface area contributed by atoms with Gasteiger partial charge in [-0.2, -0.15) is 0 Å². The highest BCUT2D eigenvalue weighted by atomic mass is 16.5. The maximum absolute atomic E-state index is 12.4. The third kappa shape index (κ3) is 5.70. The number of aromatic nitrogens is 1. The summed E-state index contributed by atoms with van der Waals surface area (Å²) in [5.41, 5.74) is 1.46. The molecule has 0 fully saturated rings. The molecule has 0 saturated carbocycles. The summed E-state index contributed by atoms with van der Waals surface area (Å²) in [6, 6.07) is 8.49. The zero-order valence-electron chi connectivity index (χ0n) is 15.9. The van der Waals surface area contributed by atoms with Gasteiger partial charge in [0.15, 0.2) is 11.5 Å². The molecule has 1 heterocycles. The molecule has 7 heteroatoms. The number of unbranched alkanes of at least 4 members (excludes halogenated alkanes) is 1. The second-order valence-corrected chi connectivity index (χ2v) is 5.91. The van der Waals surface area contributed by atoms with Crippen LogP contribution >= 0.6 is 0 Å². The Morgan fingerprint density at radius 3 is 2.48 bits per heavy atom. The third-order valence-corrected chi connectivity index (χ3v) is 3.97. The molecule has 0 radical (unpaired) electrons. The van der Waals surface area contributed by atoms with E-state index in [1.165, 1.54) is 12.3 Å². The lowest BCUT2D eigenvalue weighted by Crippen LogP contribution is -2.26. The highest BCUT2D eigenvalue weighted by Crippen LogP contribution is 2.27. The van der Waals surface area contributed by atoms with E-state index in [0.29, 0.717) is 30.2 Å². The van der Waals surface area contributed by atoms with Gasteiger partial charge in [0.2, 0.25) is 0 Å². The predicted molar refractivity (Wildman–Crippen MR) is 102 cm³/mol. The van der Waals surface area contributed by atoms with Gasteiger partial charge in [-0.1, -0.05) is 19.4 Å². The van der Waals surface area contributed by atoms with Crippen molar-refractivity contribution in [3.05, 3.63) is 53.3 Å². The number of hydrogen-bond donors (Lipinski definition) is 2. The number of ether oxygens (including phenoxy) is 2. The number of nitrogens with one attached hydrogen (secondary N) is 2. The molecule has 0 unspecified atom stereocenters. The topological polar surface area (TPSA) is 89.6 Å². The lowest BCUT2D eigenvalue weighted by Gasteiger charge is -2.10. The van der Waals surface area contributed by atoms with Crippen molar-refractivity contribution in [3.63, 3.8) is 0 Å². The summed E-state index contributed by atoms with van der Waals surface area (Å²) in [4.78, 5) is 28.5. The van der Waals surface area contributed by atoms with Gasteiger partial charge in [0.1, 0.15) is 5.69 Å². The quantitative estimate of drug-likeness (QED) is 0.661. The molecule has 0 aliphatic carbocycles. The lowest BCUT2D eigenvalue weighted by atomic mass is 10.2. The SMILES string of the molecule is CCCCNC(=O)c1ccnc(C(=O)NCc2ccc(OC)c(OC)c2)c1. The van der Waals surface area contributed by atoms with Crippen LogP contribution in [0, 0.1) is 0 Å². The van der Waals surface area contributed by atoms with Gasteiger partial charge < -0.3 is 20.1 Å². The monoisotopic (exact) mass is 371 g/mol. The molecule has 144 valence electrons. The highest BCUT2D eigenvalue weighted by molar-refractivity contribution is 5.98. The molecule has 1 aromatic heterocycles. The van der Waals surface area contributed by atoms with Gasteiger partial charge in [-0.3, -0.25) is 14.6 Å². The van der Waals surface area contributed by atoms with Crippen molar-refractivity contribution in [2.24, 2.45) is 0 Å². The van der Waals surface area contributed by atoms with Crippen molar-refractivity contribution in [2.75, 3.05) is 20.8 Å². The minimum Gasteiger partial charge on any atom is -0.493 e. The van der Waals surface area contributed by atoms with E-state index in [1.54, 1.807) is 32.4 Å². The zero-order chi connectivity index (χ0) is 19.6. The Morgan fingerprint density at radius 2 is 1.78 bits per heavy atom. The minimum absolute atomic E-state index is 0.193. The van der Waals surface area contributed by atoms with Gasteiger partial charge in [0, 0.05) is 24.8 Å².